The molecule has 2 saturated heterocycles. The minimum Gasteiger partial charge on any atom is -0.399 e. The van der Waals surface area contributed by atoms with Crippen LogP contribution < -0.4 is 10.4 Å². The number of aliphatic hydroxyl groups excluding tert-OH is 2. The van der Waals surface area contributed by atoms with Crippen LogP contribution >= 0.6 is 0 Å². The van der Waals surface area contributed by atoms with E-state index in [4.69, 9.17) is 14.4 Å². The van der Waals surface area contributed by atoms with Crippen LogP contribution in [0.1, 0.15) is 40.5 Å². The van der Waals surface area contributed by atoms with Crippen molar-refractivity contribution in [2.45, 2.75) is 63.9 Å². The van der Waals surface area contributed by atoms with Gasteiger partial charge in [0.1, 0.15) is 0 Å². The highest BCUT2D eigenvalue weighted by Crippen LogP contribution is 2.36. The van der Waals surface area contributed by atoms with Crippen LogP contribution in [0.15, 0.2) is 12.4 Å². The SMILES string of the molecule is CN(c1ncc(B2OC(C)(C)C(C)(C)O2)cn1)[C@@H]1CCCN(C(=O)[C@@H](O)CO)C1. The minimum atomic E-state index is -1.37. The van der Waals surface area contributed by atoms with Crippen molar-refractivity contribution < 1.29 is 24.3 Å². The molecule has 3 rings (SSSR count). The van der Waals surface area contributed by atoms with Gasteiger partial charge in [-0.05, 0) is 40.5 Å². The normalized spacial score (nSPS) is 24.4. The molecule has 1 aromatic rings. The number of aliphatic hydroxyl groups is 2. The Bertz CT molecular complexity index is 714. The molecule has 10 heteroatoms. The first-order valence-corrected chi connectivity index (χ1v) is 10.0. The van der Waals surface area contributed by atoms with Gasteiger partial charge >= 0.3 is 7.12 Å². The van der Waals surface area contributed by atoms with Crippen molar-refractivity contribution in [3.05, 3.63) is 12.4 Å². The highest BCUT2D eigenvalue weighted by molar-refractivity contribution is 6.61. The summed E-state index contributed by atoms with van der Waals surface area (Å²) in [5.74, 6) is 0.106. The number of carbonyl (C=O) groups is 1. The largest absolute Gasteiger partial charge is 0.498 e. The topological polar surface area (TPSA) is 108 Å². The number of carbonyl (C=O) groups excluding carboxylic acids is 1. The molecule has 2 aliphatic rings. The third-order valence-corrected chi connectivity index (χ3v) is 6.21. The summed E-state index contributed by atoms with van der Waals surface area (Å²) in [4.78, 5) is 24.7. The van der Waals surface area contributed by atoms with Gasteiger partial charge in [0.15, 0.2) is 6.10 Å². The van der Waals surface area contributed by atoms with Gasteiger partial charge in [0.25, 0.3) is 5.91 Å². The van der Waals surface area contributed by atoms with E-state index >= 15 is 0 Å². The average Bonchev–Trinajstić information content (AvgIpc) is 2.93. The first-order chi connectivity index (χ1) is 13.6. The Balaban J connectivity index is 1.66. The number of rotatable bonds is 5. The van der Waals surface area contributed by atoms with Crippen LogP contribution in [0.5, 0.6) is 0 Å². The maximum Gasteiger partial charge on any atom is 0.498 e. The lowest BCUT2D eigenvalue weighted by molar-refractivity contribution is -0.143. The Kier molecular flexibility index (Phi) is 6.19. The van der Waals surface area contributed by atoms with Crippen molar-refractivity contribution in [3.63, 3.8) is 0 Å². The molecule has 0 spiro atoms. The van der Waals surface area contributed by atoms with E-state index in [0.717, 1.165) is 18.3 Å². The lowest BCUT2D eigenvalue weighted by Crippen LogP contribution is -2.52. The number of piperidine rings is 1. The summed E-state index contributed by atoms with van der Waals surface area (Å²) < 4.78 is 12.1. The van der Waals surface area contributed by atoms with Gasteiger partial charge < -0.3 is 29.3 Å². The van der Waals surface area contributed by atoms with E-state index in [1.54, 1.807) is 17.3 Å². The van der Waals surface area contributed by atoms with Crippen molar-refractivity contribution in [2.75, 3.05) is 31.6 Å². The summed E-state index contributed by atoms with van der Waals surface area (Å²) >= 11 is 0. The molecular formula is C19H31BN4O5. The zero-order valence-corrected chi connectivity index (χ0v) is 17.8. The van der Waals surface area contributed by atoms with E-state index in [2.05, 4.69) is 9.97 Å². The predicted octanol–water partition coefficient (Wildman–Crippen LogP) is -0.444. The van der Waals surface area contributed by atoms with Gasteiger partial charge in [-0.1, -0.05) is 0 Å². The van der Waals surface area contributed by atoms with Gasteiger partial charge in [-0.15, -0.1) is 0 Å². The van der Waals surface area contributed by atoms with Crippen molar-refractivity contribution in [2.24, 2.45) is 0 Å². The van der Waals surface area contributed by atoms with Crippen molar-refractivity contribution in [1.82, 2.24) is 14.9 Å². The number of nitrogens with zero attached hydrogens (tertiary/aromatic N) is 4. The highest BCUT2D eigenvalue weighted by Gasteiger charge is 2.52. The van der Waals surface area contributed by atoms with E-state index < -0.39 is 36.9 Å². The fourth-order valence-electron chi connectivity index (χ4n) is 3.54. The van der Waals surface area contributed by atoms with Crippen LogP contribution in [0, 0.1) is 0 Å². The summed E-state index contributed by atoms with van der Waals surface area (Å²) in [7, 11) is 1.38. The zero-order valence-electron chi connectivity index (χ0n) is 17.8. The van der Waals surface area contributed by atoms with E-state index in [1.165, 1.54) is 0 Å². The monoisotopic (exact) mass is 406 g/mol. The first kappa shape index (κ1) is 22.0. The Morgan fingerprint density at radius 3 is 2.45 bits per heavy atom. The fraction of sp³-hybridized carbons (Fsp3) is 0.737. The third-order valence-electron chi connectivity index (χ3n) is 6.21. The van der Waals surface area contributed by atoms with Crippen molar-refractivity contribution in [1.29, 1.82) is 0 Å². The lowest BCUT2D eigenvalue weighted by atomic mass is 9.81. The molecule has 0 bridgehead atoms. The molecule has 2 fully saturated rings. The van der Waals surface area contributed by atoms with Gasteiger partial charge in [0, 0.05) is 44.0 Å². The average molecular weight is 406 g/mol. The summed E-state index contributed by atoms with van der Waals surface area (Å²) in [6, 6.07) is 0.0290. The number of amides is 1. The van der Waals surface area contributed by atoms with Crippen molar-refractivity contribution >= 4 is 24.4 Å². The molecule has 1 amide bonds. The van der Waals surface area contributed by atoms with Crippen LogP contribution in [-0.2, 0) is 14.1 Å². The molecule has 2 atom stereocenters. The molecule has 2 N–H and O–H groups in total. The maximum atomic E-state index is 12.2. The van der Waals surface area contributed by atoms with Gasteiger partial charge in [-0.3, -0.25) is 4.79 Å². The molecule has 3 heterocycles. The van der Waals surface area contributed by atoms with Crippen LogP contribution in [0.4, 0.5) is 5.95 Å². The Morgan fingerprint density at radius 2 is 1.90 bits per heavy atom. The molecule has 0 saturated carbocycles. The molecule has 9 nitrogen and oxygen atoms in total. The number of hydrogen-bond donors (Lipinski definition) is 2. The Morgan fingerprint density at radius 1 is 1.31 bits per heavy atom. The van der Waals surface area contributed by atoms with Crippen LogP contribution in [0.3, 0.4) is 0 Å². The molecule has 2 aliphatic heterocycles. The molecule has 0 unspecified atom stereocenters. The van der Waals surface area contributed by atoms with Gasteiger partial charge in [-0.25, -0.2) is 9.97 Å². The quantitative estimate of drug-likeness (QED) is 0.634. The number of likely N-dealkylation sites (tertiary alicyclic amines) is 1. The number of hydrogen-bond acceptors (Lipinski definition) is 8. The molecule has 160 valence electrons. The van der Waals surface area contributed by atoms with Crippen molar-refractivity contribution in [3.8, 4) is 0 Å². The molecule has 0 aromatic carbocycles. The number of likely N-dealkylation sites (N-methyl/N-ethyl adjacent to an activating group) is 1. The Labute approximate surface area is 172 Å². The summed E-state index contributed by atoms with van der Waals surface area (Å²) in [5, 5.41) is 18.6. The second-order valence-electron chi connectivity index (χ2n) is 8.79. The number of anilines is 1. The maximum absolute atomic E-state index is 12.2. The fourth-order valence-corrected chi connectivity index (χ4v) is 3.54. The van der Waals surface area contributed by atoms with Gasteiger partial charge in [0.2, 0.25) is 5.95 Å². The zero-order chi connectivity index (χ0) is 21.4. The second kappa shape index (κ2) is 8.18. The highest BCUT2D eigenvalue weighted by atomic mass is 16.7. The number of aromatic nitrogens is 2. The summed E-state index contributed by atoms with van der Waals surface area (Å²) in [5.41, 5.74) is -0.0957. The lowest BCUT2D eigenvalue weighted by Gasteiger charge is -2.38. The summed E-state index contributed by atoms with van der Waals surface area (Å²) in [6.45, 7) is 8.45. The smallest absolute Gasteiger partial charge is 0.399 e. The molecule has 1 aromatic heterocycles. The van der Waals surface area contributed by atoms with Crippen LogP contribution in [-0.4, -0.2) is 88.2 Å². The first-order valence-electron chi connectivity index (χ1n) is 10.0. The van der Waals surface area contributed by atoms with E-state index in [0.29, 0.717) is 19.0 Å². The molecule has 0 radical (unpaired) electrons. The minimum absolute atomic E-state index is 0.0290. The Hall–Kier alpha value is -1.75. The molecule has 29 heavy (non-hydrogen) atoms. The van der Waals surface area contributed by atoms with Crippen LogP contribution in [0.2, 0.25) is 0 Å². The molecule has 0 aliphatic carbocycles. The van der Waals surface area contributed by atoms with Gasteiger partial charge in [-0.2, -0.15) is 0 Å². The van der Waals surface area contributed by atoms with Crippen LogP contribution in [0.25, 0.3) is 0 Å². The van der Waals surface area contributed by atoms with E-state index in [-0.39, 0.29) is 6.04 Å². The predicted molar refractivity (Wildman–Crippen MR) is 109 cm³/mol. The van der Waals surface area contributed by atoms with E-state index in [9.17, 15) is 9.90 Å². The van der Waals surface area contributed by atoms with E-state index in [1.807, 2.05) is 39.6 Å². The third kappa shape index (κ3) is 4.40. The second-order valence-corrected chi connectivity index (χ2v) is 8.79. The standard InChI is InChI=1S/C19H31BN4O5/c1-18(2)19(3,4)29-20(28-18)13-9-21-17(22-10-13)23(5)14-7-6-8-24(11-14)16(27)15(26)12-25/h9-10,14-15,25-26H,6-8,11-12H2,1-5H3/t14-,15+/m1/s1. The summed E-state index contributed by atoms with van der Waals surface area (Å²) in [6.07, 6.45) is 3.75. The van der Waals surface area contributed by atoms with Gasteiger partial charge in [0.05, 0.1) is 17.8 Å². The molecular weight excluding hydrogens is 375 g/mol.